The summed E-state index contributed by atoms with van der Waals surface area (Å²) in [6.07, 6.45) is 3.79. The van der Waals surface area contributed by atoms with Gasteiger partial charge in [0.25, 0.3) is 0 Å². The van der Waals surface area contributed by atoms with Crippen LogP contribution in [0.5, 0.6) is 5.88 Å². The number of aromatic nitrogens is 3. The Kier molecular flexibility index (Phi) is 5.85. The Bertz CT molecular complexity index is 1210. The minimum absolute atomic E-state index is 0.0851. The number of amides is 1. The fourth-order valence-electron chi connectivity index (χ4n) is 5.16. The molecule has 0 aliphatic carbocycles. The van der Waals surface area contributed by atoms with Gasteiger partial charge in [-0.3, -0.25) is 5.10 Å². The normalized spacial score (nSPS) is 20.4. The first-order chi connectivity index (χ1) is 16.6. The van der Waals surface area contributed by atoms with Crippen molar-refractivity contribution in [1.29, 1.82) is 0 Å². The van der Waals surface area contributed by atoms with E-state index < -0.39 is 5.60 Å². The second-order valence-electron chi connectivity index (χ2n) is 11.2. The number of ether oxygens (including phenoxy) is 2. The van der Waals surface area contributed by atoms with Gasteiger partial charge in [-0.15, -0.1) is 0 Å². The molecule has 1 spiro atoms. The number of carbonyl (C=O) groups excluding carboxylic acids is 1. The number of pyridine rings is 1. The molecule has 1 amide bonds. The van der Waals surface area contributed by atoms with E-state index in [4.69, 9.17) is 9.47 Å². The molecule has 2 aliphatic rings. The summed E-state index contributed by atoms with van der Waals surface area (Å²) >= 11 is 0. The van der Waals surface area contributed by atoms with E-state index in [0.29, 0.717) is 5.88 Å². The number of hydrogen-bond acceptors (Lipinski definition) is 6. The molecule has 3 aromatic rings. The monoisotopic (exact) mass is 477 g/mol. The molecule has 2 aliphatic heterocycles. The van der Waals surface area contributed by atoms with Crippen LogP contribution in [-0.2, 0) is 4.74 Å². The number of likely N-dealkylation sites (tertiary alicyclic amines) is 1. The van der Waals surface area contributed by atoms with E-state index in [2.05, 4.69) is 38.3 Å². The van der Waals surface area contributed by atoms with Crippen LogP contribution in [0.2, 0.25) is 0 Å². The molecule has 8 heteroatoms. The Labute approximate surface area is 206 Å². The van der Waals surface area contributed by atoms with Crippen molar-refractivity contribution >= 4 is 22.7 Å². The molecule has 8 nitrogen and oxygen atoms in total. The molecule has 186 valence electrons. The van der Waals surface area contributed by atoms with Crippen LogP contribution in [0, 0.1) is 5.41 Å². The van der Waals surface area contributed by atoms with E-state index in [9.17, 15) is 4.79 Å². The van der Waals surface area contributed by atoms with Crippen LogP contribution in [0.1, 0.15) is 47.5 Å². The average Bonchev–Trinajstić information content (AvgIpc) is 3.51. The summed E-state index contributed by atoms with van der Waals surface area (Å²) in [4.78, 5) is 21.3. The first-order valence-corrected chi connectivity index (χ1v) is 12.4. The first-order valence-electron chi connectivity index (χ1n) is 12.4. The molecule has 0 radical (unpaired) electrons. The standard InChI is InChI=1S/C27H35N5O3/c1-18(2)34-23-9-6-19(15-28-23)24-21-14-20(7-8-22(21)29-30-24)31-12-10-27(16-31)11-13-32(17-27)25(33)35-26(3,4)5/h6-9,14-15,18H,10-13,16-17H2,1-5H3,(H,29,30). The zero-order chi connectivity index (χ0) is 24.8. The summed E-state index contributed by atoms with van der Waals surface area (Å²) < 4.78 is 11.3. The van der Waals surface area contributed by atoms with Gasteiger partial charge in [-0.25, -0.2) is 9.78 Å². The Balaban J connectivity index is 1.32. The maximum Gasteiger partial charge on any atom is 0.410 e. The number of rotatable bonds is 4. The summed E-state index contributed by atoms with van der Waals surface area (Å²) in [6, 6.07) is 10.4. The number of hydrogen-bond donors (Lipinski definition) is 1. The largest absolute Gasteiger partial charge is 0.475 e. The third-order valence-electron chi connectivity index (χ3n) is 6.81. The number of aromatic amines is 1. The van der Waals surface area contributed by atoms with Crippen molar-refractivity contribution in [3.8, 4) is 17.1 Å². The fraction of sp³-hybridized carbons (Fsp3) is 0.519. The summed E-state index contributed by atoms with van der Waals surface area (Å²) in [5.41, 5.74) is 3.67. The molecule has 2 fully saturated rings. The highest BCUT2D eigenvalue weighted by Gasteiger charge is 2.45. The molecule has 4 heterocycles. The van der Waals surface area contributed by atoms with Gasteiger partial charge < -0.3 is 19.3 Å². The summed E-state index contributed by atoms with van der Waals surface area (Å²) in [7, 11) is 0. The molecule has 2 aromatic heterocycles. The first kappa shape index (κ1) is 23.5. The van der Waals surface area contributed by atoms with Crippen LogP contribution in [0.25, 0.3) is 22.2 Å². The van der Waals surface area contributed by atoms with Gasteiger partial charge in [0, 0.05) is 60.5 Å². The summed E-state index contributed by atoms with van der Waals surface area (Å²) in [5.74, 6) is 0.614. The maximum atomic E-state index is 12.6. The van der Waals surface area contributed by atoms with E-state index in [-0.39, 0.29) is 17.6 Å². The highest BCUT2D eigenvalue weighted by molar-refractivity contribution is 5.95. The number of nitrogens with one attached hydrogen (secondary N) is 1. The molecule has 1 atom stereocenters. The summed E-state index contributed by atoms with van der Waals surface area (Å²) in [5, 5.41) is 8.80. The van der Waals surface area contributed by atoms with Gasteiger partial charge in [0.15, 0.2) is 0 Å². The molecule has 1 N–H and O–H groups in total. The molecule has 0 bridgehead atoms. The molecular weight excluding hydrogens is 442 g/mol. The molecule has 0 saturated carbocycles. The van der Waals surface area contributed by atoms with E-state index in [0.717, 1.165) is 61.2 Å². The predicted molar refractivity (Wildman–Crippen MR) is 137 cm³/mol. The maximum absolute atomic E-state index is 12.6. The molecular formula is C27H35N5O3. The lowest BCUT2D eigenvalue weighted by Gasteiger charge is -2.27. The number of carbonyl (C=O) groups is 1. The Morgan fingerprint density at radius 1 is 1.11 bits per heavy atom. The van der Waals surface area contributed by atoms with Gasteiger partial charge >= 0.3 is 6.09 Å². The third-order valence-corrected chi connectivity index (χ3v) is 6.81. The molecule has 1 aromatic carbocycles. The number of benzene rings is 1. The van der Waals surface area contributed by atoms with Crippen molar-refractivity contribution in [2.75, 3.05) is 31.1 Å². The van der Waals surface area contributed by atoms with Gasteiger partial charge in [0.2, 0.25) is 5.88 Å². The average molecular weight is 478 g/mol. The van der Waals surface area contributed by atoms with Crippen molar-refractivity contribution in [1.82, 2.24) is 20.1 Å². The fourth-order valence-corrected chi connectivity index (χ4v) is 5.16. The van der Waals surface area contributed by atoms with E-state index in [1.807, 2.05) is 57.8 Å². The lowest BCUT2D eigenvalue weighted by Crippen LogP contribution is -2.37. The lowest BCUT2D eigenvalue weighted by molar-refractivity contribution is 0.0276. The minimum atomic E-state index is -0.469. The van der Waals surface area contributed by atoms with E-state index in [1.165, 1.54) is 5.69 Å². The van der Waals surface area contributed by atoms with Crippen molar-refractivity contribution in [2.45, 2.75) is 59.2 Å². The number of anilines is 1. The number of nitrogens with zero attached hydrogens (tertiary/aromatic N) is 4. The SMILES string of the molecule is CC(C)Oc1ccc(-c2n[nH]c3ccc(N4CCC5(CCN(C(=O)OC(C)(C)C)C5)C4)cc23)cn1. The van der Waals surface area contributed by atoms with Crippen molar-refractivity contribution in [2.24, 2.45) is 5.41 Å². The minimum Gasteiger partial charge on any atom is -0.475 e. The lowest BCUT2D eigenvalue weighted by atomic mass is 9.86. The van der Waals surface area contributed by atoms with Crippen molar-refractivity contribution in [3.63, 3.8) is 0 Å². The number of fused-ring (bicyclic) bond motifs is 1. The Hall–Kier alpha value is -3.29. The zero-order valence-corrected chi connectivity index (χ0v) is 21.3. The van der Waals surface area contributed by atoms with Gasteiger partial charge in [-0.2, -0.15) is 5.10 Å². The van der Waals surface area contributed by atoms with Crippen LogP contribution < -0.4 is 9.64 Å². The topological polar surface area (TPSA) is 83.6 Å². The van der Waals surface area contributed by atoms with Crippen LogP contribution in [0.15, 0.2) is 36.5 Å². The van der Waals surface area contributed by atoms with Crippen molar-refractivity contribution < 1.29 is 14.3 Å². The predicted octanol–water partition coefficient (Wildman–Crippen LogP) is 5.25. The van der Waals surface area contributed by atoms with Gasteiger partial charge in [0.05, 0.1) is 11.6 Å². The highest BCUT2D eigenvalue weighted by atomic mass is 16.6. The third kappa shape index (κ3) is 4.92. The van der Waals surface area contributed by atoms with Gasteiger partial charge in [-0.05, 0) is 71.7 Å². The molecule has 1 unspecified atom stereocenters. The Morgan fingerprint density at radius 2 is 1.91 bits per heavy atom. The second kappa shape index (κ2) is 8.73. The quantitative estimate of drug-likeness (QED) is 0.553. The smallest absolute Gasteiger partial charge is 0.410 e. The van der Waals surface area contributed by atoms with Crippen LogP contribution in [0.3, 0.4) is 0 Å². The van der Waals surface area contributed by atoms with Crippen LogP contribution in [-0.4, -0.2) is 64.1 Å². The van der Waals surface area contributed by atoms with Crippen LogP contribution in [0.4, 0.5) is 10.5 Å². The number of H-pyrrole nitrogens is 1. The Morgan fingerprint density at radius 3 is 2.63 bits per heavy atom. The van der Waals surface area contributed by atoms with Crippen LogP contribution >= 0.6 is 0 Å². The van der Waals surface area contributed by atoms with E-state index >= 15 is 0 Å². The molecule has 5 rings (SSSR count). The molecule has 35 heavy (non-hydrogen) atoms. The van der Waals surface area contributed by atoms with Crippen molar-refractivity contribution in [3.05, 3.63) is 36.5 Å². The van der Waals surface area contributed by atoms with Gasteiger partial charge in [0.1, 0.15) is 11.3 Å². The summed E-state index contributed by atoms with van der Waals surface area (Å²) in [6.45, 7) is 13.2. The van der Waals surface area contributed by atoms with Gasteiger partial charge in [-0.1, -0.05) is 0 Å². The van der Waals surface area contributed by atoms with E-state index in [1.54, 1.807) is 0 Å². The highest BCUT2D eigenvalue weighted by Crippen LogP contribution is 2.42. The molecule has 2 saturated heterocycles. The second-order valence-corrected chi connectivity index (χ2v) is 11.2. The zero-order valence-electron chi connectivity index (χ0n) is 21.3.